The molecular weight excluding hydrogens is 346 g/mol. The monoisotopic (exact) mass is 360 g/mol. The Labute approximate surface area is 150 Å². The molecule has 0 fully saturated rings. The van der Waals surface area contributed by atoms with Gasteiger partial charge in [0.2, 0.25) is 0 Å². The van der Waals surface area contributed by atoms with Crippen LogP contribution in [0.2, 0.25) is 10.0 Å². The number of hydrogen-bond acceptors (Lipinski definition) is 1. The summed E-state index contributed by atoms with van der Waals surface area (Å²) in [7, 11) is 0. The first-order valence-electron chi connectivity index (χ1n) is 7.58. The van der Waals surface area contributed by atoms with E-state index in [4.69, 9.17) is 27.9 Å². The minimum Gasteiger partial charge on any atom is -0.457 e. The van der Waals surface area contributed by atoms with E-state index in [2.05, 4.69) is 0 Å². The zero-order valence-electron chi connectivity index (χ0n) is 12.8. The van der Waals surface area contributed by atoms with Gasteiger partial charge >= 0.3 is 0 Å². The highest BCUT2D eigenvalue weighted by molar-refractivity contribution is 6.32. The predicted octanol–water partition coefficient (Wildman–Crippen LogP) is 6.71. The Hall–Kier alpha value is -2.03. The van der Waals surface area contributed by atoms with Gasteiger partial charge in [-0.25, -0.2) is 4.39 Å². The highest BCUT2D eigenvalue weighted by Gasteiger charge is 2.11. The molecule has 0 radical (unpaired) electrons. The summed E-state index contributed by atoms with van der Waals surface area (Å²) >= 11 is 12.5. The second-order valence-corrected chi connectivity index (χ2v) is 6.18. The molecule has 0 aliphatic rings. The van der Waals surface area contributed by atoms with Gasteiger partial charge in [-0.15, -0.1) is 0 Å². The van der Waals surface area contributed by atoms with Gasteiger partial charge in [0.25, 0.3) is 0 Å². The quantitative estimate of drug-likeness (QED) is 0.491. The number of ether oxygens (including phenoxy) is 1. The van der Waals surface area contributed by atoms with Crippen LogP contribution < -0.4 is 4.74 Å². The van der Waals surface area contributed by atoms with Gasteiger partial charge in [0.15, 0.2) is 0 Å². The largest absolute Gasteiger partial charge is 0.457 e. The van der Waals surface area contributed by atoms with Crippen molar-refractivity contribution in [1.29, 1.82) is 0 Å². The summed E-state index contributed by atoms with van der Waals surface area (Å²) < 4.78 is 19.1. The Morgan fingerprint density at radius 3 is 2.33 bits per heavy atom. The number of para-hydroxylation sites is 1. The molecule has 122 valence electrons. The van der Waals surface area contributed by atoms with Crippen LogP contribution in [0.15, 0.2) is 66.7 Å². The molecule has 1 nitrogen and oxygen atoms in total. The Kier molecular flexibility index (Phi) is 5.39. The van der Waals surface area contributed by atoms with Crippen LogP contribution >= 0.6 is 23.2 Å². The maximum atomic E-state index is 13.2. The summed E-state index contributed by atoms with van der Waals surface area (Å²) in [5.74, 6) is 1.13. The van der Waals surface area contributed by atoms with E-state index in [0.717, 1.165) is 16.9 Å². The molecule has 0 unspecified atom stereocenters. The van der Waals surface area contributed by atoms with Crippen LogP contribution in [0.4, 0.5) is 4.39 Å². The van der Waals surface area contributed by atoms with E-state index in [1.165, 1.54) is 12.1 Å². The van der Waals surface area contributed by atoms with Crippen LogP contribution in [0.5, 0.6) is 11.5 Å². The lowest BCUT2D eigenvalue weighted by Gasteiger charge is -2.13. The molecule has 0 heterocycles. The number of benzene rings is 3. The van der Waals surface area contributed by atoms with Crippen LogP contribution in [0.25, 0.3) is 0 Å². The van der Waals surface area contributed by atoms with Gasteiger partial charge in [-0.3, -0.25) is 0 Å². The van der Waals surface area contributed by atoms with E-state index >= 15 is 0 Å². The average Bonchev–Trinajstić information content (AvgIpc) is 2.57. The van der Waals surface area contributed by atoms with E-state index in [9.17, 15) is 4.39 Å². The number of rotatable bonds is 5. The summed E-state index contributed by atoms with van der Waals surface area (Å²) in [6.07, 6.45) is 1.29. The van der Waals surface area contributed by atoms with Gasteiger partial charge < -0.3 is 4.74 Å². The maximum Gasteiger partial charge on any atom is 0.132 e. The highest BCUT2D eigenvalue weighted by atomic mass is 35.5. The zero-order valence-corrected chi connectivity index (χ0v) is 14.3. The van der Waals surface area contributed by atoms with E-state index in [1.54, 1.807) is 6.07 Å². The molecule has 0 aromatic heterocycles. The first-order chi connectivity index (χ1) is 11.6. The van der Waals surface area contributed by atoms with Crippen molar-refractivity contribution in [3.63, 3.8) is 0 Å². The lowest BCUT2D eigenvalue weighted by molar-refractivity contribution is 0.476. The minimum absolute atomic E-state index is 0.338. The summed E-state index contributed by atoms with van der Waals surface area (Å²) in [5.41, 5.74) is 1.78. The van der Waals surface area contributed by atoms with Crippen LogP contribution in [0.3, 0.4) is 0 Å². The number of hydrogen-bond donors (Lipinski definition) is 0. The lowest BCUT2D eigenvalue weighted by Crippen LogP contribution is -1.97. The third-order valence-electron chi connectivity index (χ3n) is 3.71. The minimum atomic E-state index is -0.338. The third kappa shape index (κ3) is 4.08. The lowest BCUT2D eigenvalue weighted by atomic mass is 10.0. The van der Waals surface area contributed by atoms with Gasteiger partial charge in [-0.05, 0) is 54.8 Å². The highest BCUT2D eigenvalue weighted by Crippen LogP contribution is 2.32. The third-order valence-corrected chi connectivity index (χ3v) is 4.41. The normalized spacial score (nSPS) is 10.6. The topological polar surface area (TPSA) is 9.23 Å². The molecule has 0 spiro atoms. The van der Waals surface area contributed by atoms with Crippen LogP contribution in [0.1, 0.15) is 11.1 Å². The fourth-order valence-corrected chi connectivity index (χ4v) is 3.00. The summed E-state index contributed by atoms with van der Waals surface area (Å²) in [4.78, 5) is 0. The standard InChI is InChI=1S/C20H15Cl2FO/c21-18-7-4-8-20(24-16-5-2-1-3-6-16)17(18)12-10-14-9-11-15(23)13-19(14)22/h1-9,11,13H,10,12H2. The molecule has 3 rings (SSSR count). The molecule has 3 aromatic carbocycles. The molecule has 0 atom stereocenters. The second kappa shape index (κ2) is 7.69. The SMILES string of the molecule is Fc1ccc(CCc2c(Cl)cccc2Oc2ccccc2)c(Cl)c1. The molecule has 24 heavy (non-hydrogen) atoms. The predicted molar refractivity (Wildman–Crippen MR) is 96.8 cm³/mol. The van der Waals surface area contributed by atoms with Crippen LogP contribution in [0, 0.1) is 5.82 Å². The van der Waals surface area contributed by atoms with Crippen molar-refractivity contribution in [2.75, 3.05) is 0 Å². The molecule has 4 heteroatoms. The van der Waals surface area contributed by atoms with Crippen LogP contribution in [-0.2, 0) is 12.8 Å². The van der Waals surface area contributed by atoms with Crippen molar-refractivity contribution in [1.82, 2.24) is 0 Å². The van der Waals surface area contributed by atoms with E-state index in [1.807, 2.05) is 48.5 Å². The van der Waals surface area contributed by atoms with Crippen molar-refractivity contribution >= 4 is 23.2 Å². The van der Waals surface area contributed by atoms with E-state index in [-0.39, 0.29) is 5.82 Å². The Bertz CT molecular complexity index is 834. The number of aryl methyl sites for hydroxylation is 1. The fourth-order valence-electron chi connectivity index (χ4n) is 2.48. The molecule has 0 bridgehead atoms. The Balaban J connectivity index is 1.82. The smallest absolute Gasteiger partial charge is 0.132 e. The fraction of sp³-hybridized carbons (Fsp3) is 0.100. The summed E-state index contributed by atoms with van der Waals surface area (Å²) in [6, 6.07) is 19.6. The number of halogens is 3. The molecule has 0 aliphatic heterocycles. The van der Waals surface area contributed by atoms with Crippen molar-refractivity contribution in [2.45, 2.75) is 12.8 Å². The molecule has 0 N–H and O–H groups in total. The summed E-state index contributed by atoms with van der Waals surface area (Å²) in [6.45, 7) is 0. The first kappa shape index (κ1) is 16.8. The molecular formula is C20H15Cl2FO. The van der Waals surface area contributed by atoms with Crippen molar-refractivity contribution in [3.05, 3.63) is 93.7 Å². The maximum absolute atomic E-state index is 13.2. The van der Waals surface area contributed by atoms with E-state index in [0.29, 0.717) is 28.6 Å². The molecule has 3 aromatic rings. The van der Waals surface area contributed by atoms with E-state index < -0.39 is 0 Å². The zero-order chi connectivity index (χ0) is 16.9. The second-order valence-electron chi connectivity index (χ2n) is 5.37. The first-order valence-corrected chi connectivity index (χ1v) is 8.33. The molecule has 0 amide bonds. The van der Waals surface area contributed by atoms with Gasteiger partial charge in [-0.2, -0.15) is 0 Å². The molecule has 0 saturated heterocycles. The van der Waals surface area contributed by atoms with Gasteiger partial charge in [0, 0.05) is 15.6 Å². The van der Waals surface area contributed by atoms with Crippen LogP contribution in [-0.4, -0.2) is 0 Å². The van der Waals surface area contributed by atoms with Crippen molar-refractivity contribution in [3.8, 4) is 11.5 Å². The Morgan fingerprint density at radius 2 is 1.58 bits per heavy atom. The van der Waals surface area contributed by atoms with Crippen molar-refractivity contribution < 1.29 is 9.13 Å². The molecule has 0 saturated carbocycles. The Morgan fingerprint density at radius 1 is 0.792 bits per heavy atom. The van der Waals surface area contributed by atoms with Gasteiger partial charge in [-0.1, -0.05) is 53.5 Å². The van der Waals surface area contributed by atoms with Crippen molar-refractivity contribution in [2.24, 2.45) is 0 Å². The van der Waals surface area contributed by atoms with Gasteiger partial charge in [0.1, 0.15) is 17.3 Å². The summed E-state index contributed by atoms with van der Waals surface area (Å²) in [5, 5.41) is 1.06. The van der Waals surface area contributed by atoms with Gasteiger partial charge in [0.05, 0.1) is 0 Å². The molecule has 0 aliphatic carbocycles. The average molecular weight is 361 g/mol.